The quantitative estimate of drug-likeness (QED) is 0.159. The molecule has 0 bridgehead atoms. The molecule has 0 aliphatic carbocycles. The normalized spacial score (nSPS) is 11.0. The van der Waals surface area contributed by atoms with Gasteiger partial charge in [0.25, 0.3) is 5.91 Å². The standard InChI is InChI=1S/C25H18BrIN2O2/c26-19-8-5-6-17(14-19)16-31-24-13-12-18-7-1-2-9-20(18)22(24)15-28-29-25(30)21-10-3-4-11-23(21)27/h1-15H,16H2,(H,29,30)/b28-15-. The van der Waals surface area contributed by atoms with Crippen LogP contribution in [0.15, 0.2) is 94.5 Å². The van der Waals surface area contributed by atoms with Crippen LogP contribution in [0.5, 0.6) is 5.75 Å². The van der Waals surface area contributed by atoms with Gasteiger partial charge in [-0.2, -0.15) is 5.10 Å². The van der Waals surface area contributed by atoms with Crippen molar-refractivity contribution < 1.29 is 9.53 Å². The van der Waals surface area contributed by atoms with Crippen LogP contribution in [0.4, 0.5) is 0 Å². The molecular formula is C25H18BrIN2O2. The third-order valence-electron chi connectivity index (χ3n) is 4.69. The fourth-order valence-corrected chi connectivity index (χ4v) is 4.26. The molecule has 0 unspecified atom stereocenters. The molecule has 154 valence electrons. The molecule has 4 rings (SSSR count). The van der Waals surface area contributed by atoms with Gasteiger partial charge in [-0.1, -0.05) is 70.5 Å². The molecule has 0 spiro atoms. The lowest BCUT2D eigenvalue weighted by atomic mass is 10.0. The first kappa shape index (κ1) is 21.5. The second-order valence-corrected chi connectivity index (χ2v) is 8.87. The lowest BCUT2D eigenvalue weighted by molar-refractivity contribution is 0.0954. The molecule has 1 amide bonds. The predicted octanol–water partition coefficient (Wildman–Crippen LogP) is 6.55. The summed E-state index contributed by atoms with van der Waals surface area (Å²) in [6.45, 7) is 0.424. The minimum atomic E-state index is -0.252. The van der Waals surface area contributed by atoms with Crippen LogP contribution in [0.2, 0.25) is 0 Å². The van der Waals surface area contributed by atoms with Gasteiger partial charge in [0.15, 0.2) is 0 Å². The molecule has 0 aromatic heterocycles. The van der Waals surface area contributed by atoms with Crippen molar-refractivity contribution in [3.63, 3.8) is 0 Å². The minimum Gasteiger partial charge on any atom is -0.488 e. The van der Waals surface area contributed by atoms with Gasteiger partial charge in [0.2, 0.25) is 0 Å². The number of nitrogens with one attached hydrogen (secondary N) is 1. The maximum Gasteiger partial charge on any atom is 0.272 e. The van der Waals surface area contributed by atoms with Gasteiger partial charge >= 0.3 is 0 Å². The van der Waals surface area contributed by atoms with Crippen molar-refractivity contribution in [3.05, 3.63) is 110 Å². The van der Waals surface area contributed by atoms with Gasteiger partial charge in [-0.3, -0.25) is 4.79 Å². The fraction of sp³-hybridized carbons (Fsp3) is 0.0400. The summed E-state index contributed by atoms with van der Waals surface area (Å²) in [5.41, 5.74) is 5.08. The monoisotopic (exact) mass is 584 g/mol. The van der Waals surface area contributed by atoms with Gasteiger partial charge in [0.05, 0.1) is 11.8 Å². The van der Waals surface area contributed by atoms with Crippen LogP contribution in [0, 0.1) is 3.57 Å². The Balaban J connectivity index is 1.60. The van der Waals surface area contributed by atoms with E-state index in [0.29, 0.717) is 17.9 Å². The molecule has 4 aromatic carbocycles. The minimum absolute atomic E-state index is 0.252. The lowest BCUT2D eigenvalue weighted by Crippen LogP contribution is -2.18. The summed E-state index contributed by atoms with van der Waals surface area (Å²) < 4.78 is 8.00. The molecule has 0 radical (unpaired) electrons. The molecule has 0 saturated heterocycles. The Morgan fingerprint density at radius 3 is 2.65 bits per heavy atom. The first-order chi connectivity index (χ1) is 15.1. The van der Waals surface area contributed by atoms with Crippen LogP contribution in [0.1, 0.15) is 21.5 Å². The van der Waals surface area contributed by atoms with Gasteiger partial charge in [-0.15, -0.1) is 0 Å². The summed E-state index contributed by atoms with van der Waals surface area (Å²) >= 11 is 5.63. The maximum atomic E-state index is 12.5. The summed E-state index contributed by atoms with van der Waals surface area (Å²) in [7, 11) is 0. The molecule has 0 fully saturated rings. The Bertz CT molecular complexity index is 1270. The van der Waals surface area contributed by atoms with E-state index in [9.17, 15) is 4.79 Å². The zero-order valence-electron chi connectivity index (χ0n) is 16.4. The number of hydrazone groups is 1. The highest BCUT2D eigenvalue weighted by molar-refractivity contribution is 14.1. The van der Waals surface area contributed by atoms with Crippen molar-refractivity contribution in [2.45, 2.75) is 6.61 Å². The van der Waals surface area contributed by atoms with E-state index in [1.54, 1.807) is 12.3 Å². The summed E-state index contributed by atoms with van der Waals surface area (Å²) in [5, 5.41) is 6.30. The molecule has 0 aliphatic heterocycles. The Morgan fingerprint density at radius 1 is 1.00 bits per heavy atom. The highest BCUT2D eigenvalue weighted by atomic mass is 127. The van der Waals surface area contributed by atoms with Crippen LogP contribution in [-0.2, 0) is 6.61 Å². The van der Waals surface area contributed by atoms with Crippen LogP contribution in [-0.4, -0.2) is 12.1 Å². The largest absolute Gasteiger partial charge is 0.488 e. The van der Waals surface area contributed by atoms with E-state index in [0.717, 1.165) is 29.9 Å². The van der Waals surface area contributed by atoms with Crippen LogP contribution >= 0.6 is 38.5 Å². The van der Waals surface area contributed by atoms with E-state index >= 15 is 0 Å². The number of carbonyl (C=O) groups is 1. The third kappa shape index (κ3) is 5.32. The van der Waals surface area contributed by atoms with Crippen molar-refractivity contribution in [1.82, 2.24) is 5.43 Å². The smallest absolute Gasteiger partial charge is 0.272 e. The number of nitrogens with zero attached hydrogens (tertiary/aromatic N) is 1. The van der Waals surface area contributed by atoms with E-state index < -0.39 is 0 Å². The molecule has 0 atom stereocenters. The molecule has 0 aliphatic rings. The molecule has 1 N–H and O–H groups in total. The topological polar surface area (TPSA) is 50.7 Å². The number of hydrogen-bond acceptors (Lipinski definition) is 3. The molecule has 0 heterocycles. The summed E-state index contributed by atoms with van der Waals surface area (Å²) in [6, 6.07) is 27.4. The summed E-state index contributed by atoms with van der Waals surface area (Å²) in [4.78, 5) is 12.5. The highest BCUT2D eigenvalue weighted by Gasteiger charge is 2.10. The second kappa shape index (κ2) is 10.1. The predicted molar refractivity (Wildman–Crippen MR) is 137 cm³/mol. The third-order valence-corrected chi connectivity index (χ3v) is 6.13. The average Bonchev–Trinajstić information content (AvgIpc) is 2.78. The zero-order valence-corrected chi connectivity index (χ0v) is 20.1. The molecular weight excluding hydrogens is 567 g/mol. The van der Waals surface area contributed by atoms with Crippen molar-refractivity contribution in [2.75, 3.05) is 0 Å². The molecule has 31 heavy (non-hydrogen) atoms. The van der Waals surface area contributed by atoms with E-state index in [1.165, 1.54) is 0 Å². The Hall–Kier alpha value is -2.71. The molecule has 6 heteroatoms. The van der Waals surface area contributed by atoms with Crippen molar-refractivity contribution >= 4 is 61.4 Å². The van der Waals surface area contributed by atoms with Crippen LogP contribution in [0.3, 0.4) is 0 Å². The Kier molecular flexibility index (Phi) is 6.99. The first-order valence-corrected chi connectivity index (χ1v) is 11.5. The van der Waals surface area contributed by atoms with Crippen molar-refractivity contribution in [2.24, 2.45) is 5.10 Å². The van der Waals surface area contributed by atoms with Crippen LogP contribution in [0.25, 0.3) is 10.8 Å². The number of fused-ring (bicyclic) bond motifs is 1. The van der Waals surface area contributed by atoms with E-state index in [4.69, 9.17) is 4.74 Å². The van der Waals surface area contributed by atoms with Gasteiger partial charge in [0.1, 0.15) is 12.4 Å². The number of ether oxygens (including phenoxy) is 1. The van der Waals surface area contributed by atoms with Crippen LogP contribution < -0.4 is 10.2 Å². The van der Waals surface area contributed by atoms with E-state index in [2.05, 4.69) is 49.0 Å². The number of halogens is 2. The molecule has 0 saturated carbocycles. The van der Waals surface area contributed by atoms with Crippen molar-refractivity contribution in [3.8, 4) is 5.75 Å². The van der Waals surface area contributed by atoms with Gasteiger partial charge in [-0.05, 0) is 69.3 Å². The Labute approximate surface area is 202 Å². The SMILES string of the molecule is O=C(N/N=C\c1c(OCc2cccc(Br)c2)ccc2ccccc12)c1ccccc1I. The number of carbonyl (C=O) groups excluding carboxylic acids is 1. The summed E-state index contributed by atoms with van der Waals surface area (Å²) in [6.07, 6.45) is 1.65. The van der Waals surface area contributed by atoms with E-state index in [-0.39, 0.29) is 5.91 Å². The fourth-order valence-electron chi connectivity index (χ4n) is 3.18. The number of rotatable bonds is 6. The average molecular weight is 585 g/mol. The number of amides is 1. The number of hydrogen-bond donors (Lipinski definition) is 1. The number of benzene rings is 4. The van der Waals surface area contributed by atoms with E-state index in [1.807, 2.05) is 78.9 Å². The Morgan fingerprint density at radius 2 is 1.81 bits per heavy atom. The molecule has 4 nitrogen and oxygen atoms in total. The lowest BCUT2D eigenvalue weighted by Gasteiger charge is -2.12. The van der Waals surface area contributed by atoms with Gasteiger partial charge in [-0.25, -0.2) is 5.43 Å². The van der Waals surface area contributed by atoms with Gasteiger partial charge < -0.3 is 4.74 Å². The summed E-state index contributed by atoms with van der Waals surface area (Å²) in [5.74, 6) is 0.448. The highest BCUT2D eigenvalue weighted by Crippen LogP contribution is 2.27. The van der Waals surface area contributed by atoms with Gasteiger partial charge in [0, 0.05) is 13.6 Å². The second-order valence-electron chi connectivity index (χ2n) is 6.80. The zero-order chi connectivity index (χ0) is 21.6. The van der Waals surface area contributed by atoms with Crippen molar-refractivity contribution in [1.29, 1.82) is 0 Å². The first-order valence-electron chi connectivity index (χ1n) is 9.59. The molecule has 4 aromatic rings. The maximum absolute atomic E-state index is 12.5.